The number of carbonyl (C=O) groups excluding carboxylic acids is 8. The summed E-state index contributed by atoms with van der Waals surface area (Å²) in [6.07, 6.45) is 0.807. The van der Waals surface area contributed by atoms with E-state index in [-0.39, 0.29) is 52.4 Å². The quantitative estimate of drug-likeness (QED) is 0.0512. The van der Waals surface area contributed by atoms with Gasteiger partial charge in [0.15, 0.2) is 6.29 Å². The van der Waals surface area contributed by atoms with Crippen LogP contribution in [0.5, 0.6) is 0 Å². The number of alkyl carbamates (subject to hydrolysis) is 1. The topological polar surface area (TPSA) is 255 Å². The zero-order chi connectivity index (χ0) is 58.3. The van der Waals surface area contributed by atoms with Crippen molar-refractivity contribution in [3.63, 3.8) is 0 Å². The average molecular weight is 1110 g/mol. The third-order valence-corrected chi connectivity index (χ3v) is 14.1. The molecule has 3 heterocycles. The molecule has 0 unspecified atom stereocenters. The lowest BCUT2D eigenvalue weighted by atomic mass is 9.77. The summed E-state index contributed by atoms with van der Waals surface area (Å²) in [6.45, 7) is 2.55. The second-order valence-corrected chi connectivity index (χ2v) is 20.6. The Labute approximate surface area is 471 Å². The van der Waals surface area contributed by atoms with Gasteiger partial charge in [0.2, 0.25) is 35.4 Å². The Balaban J connectivity index is 1.24. The van der Waals surface area contributed by atoms with E-state index in [1.807, 2.05) is 108 Å². The number of primary amides is 1. The SMILES string of the molecule is COC(=O)CN1CCN(C(=O)CN2CCN(C(=O)CN(CC(OC)OC)C(=O)[C@H](COC(C)(C)C)NC(=O)OCc3ccccc3)[C@@H](Cc3cn(C(c4ccccc4)(c4ccccc4)c4ccccc4)cn3)C2=O)[C@@H](CC(N)=O)C1=O. The minimum Gasteiger partial charge on any atom is -0.468 e. The number of carbonyl (C=O) groups is 8. The van der Waals surface area contributed by atoms with Crippen LogP contribution in [0.4, 0.5) is 4.79 Å². The number of rotatable bonds is 24. The number of nitrogens with two attached hydrogens (primary N) is 1. The van der Waals surface area contributed by atoms with E-state index in [0.717, 1.165) is 21.6 Å². The highest BCUT2D eigenvalue weighted by molar-refractivity contribution is 5.97. The minimum atomic E-state index is -1.38. The molecule has 5 aromatic rings. The Morgan fingerprint density at radius 2 is 1.22 bits per heavy atom. The Morgan fingerprint density at radius 3 is 1.74 bits per heavy atom. The molecule has 2 saturated heterocycles. The van der Waals surface area contributed by atoms with Crippen molar-refractivity contribution in [2.45, 2.75) is 75.8 Å². The molecule has 0 bridgehead atoms. The highest BCUT2D eigenvalue weighted by Crippen LogP contribution is 2.41. The van der Waals surface area contributed by atoms with Crippen molar-refractivity contribution in [2.24, 2.45) is 5.73 Å². The fraction of sp³-hybridized carbons (Fsp3) is 0.407. The number of hydrogen-bond donors (Lipinski definition) is 2. The van der Waals surface area contributed by atoms with Crippen LogP contribution in [0.1, 0.15) is 55.1 Å². The molecule has 22 nitrogen and oxygen atoms in total. The molecule has 2 fully saturated rings. The van der Waals surface area contributed by atoms with E-state index in [4.69, 9.17) is 34.4 Å². The maximum Gasteiger partial charge on any atom is 0.408 e. The minimum absolute atomic E-state index is 0.0668. The second-order valence-electron chi connectivity index (χ2n) is 20.6. The number of nitrogens with zero attached hydrogens (tertiary/aromatic N) is 7. The van der Waals surface area contributed by atoms with Gasteiger partial charge in [-0.15, -0.1) is 0 Å². The lowest BCUT2D eigenvalue weighted by Crippen LogP contribution is -2.65. The zero-order valence-electron chi connectivity index (χ0n) is 46.5. The maximum atomic E-state index is 15.3. The number of amides is 7. The van der Waals surface area contributed by atoms with Crippen LogP contribution in [0.25, 0.3) is 0 Å². The van der Waals surface area contributed by atoms with Crippen LogP contribution < -0.4 is 11.1 Å². The number of esters is 1. The lowest BCUT2D eigenvalue weighted by Gasteiger charge is -2.43. The van der Waals surface area contributed by atoms with Gasteiger partial charge in [0.05, 0.1) is 50.8 Å². The number of aromatic nitrogens is 2. The first-order valence-electron chi connectivity index (χ1n) is 26.5. The van der Waals surface area contributed by atoms with Crippen molar-refractivity contribution in [2.75, 3.05) is 80.3 Å². The molecule has 0 spiro atoms. The first kappa shape index (κ1) is 60.2. The Bertz CT molecular complexity index is 2860. The number of methoxy groups -OCH3 is 3. The number of nitrogens with one attached hydrogen (secondary N) is 1. The number of hydrogen-bond acceptors (Lipinski definition) is 14. The van der Waals surface area contributed by atoms with Gasteiger partial charge < -0.3 is 63.8 Å². The summed E-state index contributed by atoms with van der Waals surface area (Å²) in [5.74, 6) is -5.02. The summed E-state index contributed by atoms with van der Waals surface area (Å²) < 4.78 is 29.3. The van der Waals surface area contributed by atoms with Gasteiger partial charge in [-0.3, -0.25) is 33.6 Å². The molecule has 0 saturated carbocycles. The summed E-state index contributed by atoms with van der Waals surface area (Å²) in [5, 5.41) is 2.62. The van der Waals surface area contributed by atoms with Crippen molar-refractivity contribution < 1.29 is 62.0 Å². The average Bonchev–Trinajstić information content (AvgIpc) is 4.10. The van der Waals surface area contributed by atoms with Gasteiger partial charge in [0, 0.05) is 53.0 Å². The molecule has 2 aliphatic rings. The number of piperazine rings is 2. The molecule has 2 aliphatic heterocycles. The monoisotopic (exact) mass is 1110 g/mol. The van der Waals surface area contributed by atoms with Crippen molar-refractivity contribution in [3.8, 4) is 0 Å². The molecule has 0 radical (unpaired) electrons. The van der Waals surface area contributed by atoms with E-state index < -0.39 is 109 Å². The summed E-state index contributed by atoms with van der Waals surface area (Å²) >= 11 is 0. The summed E-state index contributed by atoms with van der Waals surface area (Å²) in [7, 11) is 3.90. The van der Waals surface area contributed by atoms with Gasteiger partial charge in [-0.25, -0.2) is 9.78 Å². The summed E-state index contributed by atoms with van der Waals surface area (Å²) in [6, 6.07) is 34.5. The van der Waals surface area contributed by atoms with Crippen molar-refractivity contribution in [1.82, 2.24) is 39.4 Å². The standard InChI is InChI=1S/C59H71N9O13/c1-58(2,3)81-39-46(62-57(76)80-38-41-19-11-7-12-20-41)54(73)65(37-53(78-5)79-6)35-51(71)67-29-27-63(34-50(70)68-30-28-64(36-52(72)77-4)56(75)48(68)32-49(60)69)55(74)47(67)31-45-33-66(40-61-45)59(42-21-13-8-14-22-42,43-23-15-9-16-24-43)44-25-17-10-18-26-44/h7-26,33,40,46-48,53H,27-32,34-39H2,1-6H3,(H2,60,69)(H,62,76)/t46-,47-,48-/m0/s1. The highest BCUT2D eigenvalue weighted by atomic mass is 16.7. The molecule has 0 aliphatic carbocycles. The molecule has 7 amide bonds. The Morgan fingerprint density at radius 1 is 0.704 bits per heavy atom. The second kappa shape index (κ2) is 27.6. The van der Waals surface area contributed by atoms with Gasteiger partial charge in [-0.05, 0) is 43.0 Å². The Kier molecular flexibility index (Phi) is 20.5. The molecular formula is C59H71N9O13. The molecule has 3 atom stereocenters. The van der Waals surface area contributed by atoms with E-state index in [2.05, 4.69) is 5.32 Å². The van der Waals surface area contributed by atoms with Crippen LogP contribution in [0.15, 0.2) is 134 Å². The summed E-state index contributed by atoms with van der Waals surface area (Å²) in [5.41, 5.74) is 7.62. The first-order chi connectivity index (χ1) is 38.9. The van der Waals surface area contributed by atoms with Gasteiger partial charge in [0.25, 0.3) is 0 Å². The van der Waals surface area contributed by atoms with Crippen molar-refractivity contribution in [3.05, 3.63) is 162 Å². The molecule has 81 heavy (non-hydrogen) atoms. The first-order valence-corrected chi connectivity index (χ1v) is 26.5. The molecule has 7 rings (SSSR count). The molecule has 4 aromatic carbocycles. The Hall–Kier alpha value is -8.47. The smallest absolute Gasteiger partial charge is 0.408 e. The number of imidazole rings is 1. The van der Waals surface area contributed by atoms with Crippen LogP contribution in [0.3, 0.4) is 0 Å². The van der Waals surface area contributed by atoms with E-state index >= 15 is 9.59 Å². The van der Waals surface area contributed by atoms with Crippen LogP contribution in [0, 0.1) is 0 Å². The molecule has 22 heteroatoms. The predicted molar refractivity (Wildman–Crippen MR) is 294 cm³/mol. The lowest BCUT2D eigenvalue weighted by molar-refractivity contribution is -0.162. The molecular weight excluding hydrogens is 1040 g/mol. The maximum absolute atomic E-state index is 15.3. The van der Waals surface area contributed by atoms with Crippen LogP contribution >= 0.6 is 0 Å². The van der Waals surface area contributed by atoms with Crippen molar-refractivity contribution in [1.29, 1.82) is 0 Å². The van der Waals surface area contributed by atoms with Crippen LogP contribution in [0.2, 0.25) is 0 Å². The van der Waals surface area contributed by atoms with Gasteiger partial charge in [-0.2, -0.15) is 0 Å². The van der Waals surface area contributed by atoms with E-state index in [0.29, 0.717) is 11.3 Å². The number of ether oxygens (including phenoxy) is 5. The van der Waals surface area contributed by atoms with Gasteiger partial charge in [-0.1, -0.05) is 121 Å². The number of benzene rings is 4. The van der Waals surface area contributed by atoms with E-state index in [1.54, 1.807) is 51.4 Å². The third kappa shape index (κ3) is 15.1. The van der Waals surface area contributed by atoms with Gasteiger partial charge >= 0.3 is 12.1 Å². The summed E-state index contributed by atoms with van der Waals surface area (Å²) in [4.78, 5) is 122. The van der Waals surface area contributed by atoms with E-state index in [1.165, 1.54) is 40.9 Å². The molecule has 430 valence electrons. The zero-order valence-corrected chi connectivity index (χ0v) is 46.5. The van der Waals surface area contributed by atoms with Crippen molar-refractivity contribution >= 4 is 47.5 Å². The van der Waals surface area contributed by atoms with Gasteiger partial charge in [0.1, 0.15) is 43.4 Å². The molecule has 1 aromatic heterocycles. The fourth-order valence-electron chi connectivity index (χ4n) is 10.0. The van der Waals surface area contributed by atoms with Crippen LogP contribution in [-0.4, -0.2) is 192 Å². The largest absolute Gasteiger partial charge is 0.468 e. The predicted octanol–water partition coefficient (Wildman–Crippen LogP) is 2.95. The third-order valence-electron chi connectivity index (χ3n) is 14.1. The normalized spacial score (nSPS) is 16.2. The molecule has 3 N–H and O–H groups in total. The van der Waals surface area contributed by atoms with Crippen LogP contribution in [-0.2, 0) is 75.8 Å². The fourth-order valence-corrected chi connectivity index (χ4v) is 10.0. The highest BCUT2D eigenvalue weighted by Gasteiger charge is 2.45. The van der Waals surface area contributed by atoms with E-state index in [9.17, 15) is 28.8 Å².